The largest absolute Gasteiger partial charge is 0.416 e. The molecule has 1 aromatic carbocycles. The monoisotopic (exact) mass is 361 g/mol. The summed E-state index contributed by atoms with van der Waals surface area (Å²) >= 11 is 3.09. The van der Waals surface area contributed by atoms with Gasteiger partial charge in [-0.05, 0) is 30.8 Å². The Bertz CT molecular complexity index is 622. The summed E-state index contributed by atoms with van der Waals surface area (Å²) in [7, 11) is 3.43. The first-order valence-corrected chi connectivity index (χ1v) is 7.13. The Morgan fingerprint density at radius 3 is 2.57 bits per heavy atom. The molecule has 2 rings (SSSR count). The van der Waals surface area contributed by atoms with Crippen molar-refractivity contribution in [2.45, 2.75) is 18.6 Å². The minimum Gasteiger partial charge on any atom is -0.313 e. The van der Waals surface area contributed by atoms with Crippen LogP contribution in [-0.2, 0) is 19.6 Å². The van der Waals surface area contributed by atoms with Gasteiger partial charge in [-0.3, -0.25) is 4.68 Å². The van der Waals surface area contributed by atoms with E-state index in [1.54, 1.807) is 37.1 Å². The van der Waals surface area contributed by atoms with Crippen molar-refractivity contribution in [1.29, 1.82) is 0 Å². The van der Waals surface area contributed by atoms with Crippen LogP contribution in [0.3, 0.4) is 0 Å². The number of nitrogens with one attached hydrogen (secondary N) is 1. The van der Waals surface area contributed by atoms with Gasteiger partial charge in [0.2, 0.25) is 0 Å². The molecule has 0 saturated carbocycles. The third-order valence-electron chi connectivity index (χ3n) is 3.23. The van der Waals surface area contributed by atoms with Gasteiger partial charge < -0.3 is 5.32 Å². The Labute approximate surface area is 129 Å². The molecule has 3 nitrogen and oxygen atoms in total. The Morgan fingerprint density at radius 1 is 1.33 bits per heavy atom. The van der Waals surface area contributed by atoms with Crippen molar-refractivity contribution in [3.05, 3.63) is 51.8 Å². The second-order valence-corrected chi connectivity index (χ2v) is 5.67. The molecule has 21 heavy (non-hydrogen) atoms. The highest BCUT2D eigenvalue weighted by molar-refractivity contribution is 9.10. The molecule has 1 aromatic heterocycles. The highest BCUT2D eigenvalue weighted by Crippen LogP contribution is 2.37. The lowest BCUT2D eigenvalue weighted by Crippen LogP contribution is -2.23. The van der Waals surface area contributed by atoms with Gasteiger partial charge in [-0.2, -0.15) is 18.3 Å². The first-order chi connectivity index (χ1) is 9.81. The van der Waals surface area contributed by atoms with E-state index in [0.29, 0.717) is 10.9 Å². The molecule has 0 aliphatic carbocycles. The van der Waals surface area contributed by atoms with E-state index in [9.17, 15) is 13.2 Å². The Morgan fingerprint density at radius 2 is 2.05 bits per heavy atom. The van der Waals surface area contributed by atoms with Gasteiger partial charge in [-0.15, -0.1) is 0 Å². The third kappa shape index (κ3) is 3.85. The minimum atomic E-state index is -4.39. The van der Waals surface area contributed by atoms with Gasteiger partial charge in [0.15, 0.2) is 0 Å². The molecule has 0 aliphatic heterocycles. The number of alkyl halides is 3. The molecular formula is C14H15BrF3N3. The highest BCUT2D eigenvalue weighted by atomic mass is 79.9. The summed E-state index contributed by atoms with van der Waals surface area (Å²) in [4.78, 5) is 0. The standard InChI is InChI=1S/C14H15BrF3N3/c1-19-13(8-10-5-6-21(2)20-10)11-4-3-9(15)7-12(11)14(16,17)18/h3-7,13,19H,8H2,1-2H3. The number of aryl methyl sites for hydroxylation is 1. The normalized spacial score (nSPS) is 13.4. The van der Waals surface area contributed by atoms with Gasteiger partial charge in [0.25, 0.3) is 0 Å². The van der Waals surface area contributed by atoms with Gasteiger partial charge in [-0.1, -0.05) is 22.0 Å². The van der Waals surface area contributed by atoms with E-state index in [-0.39, 0.29) is 5.56 Å². The maximum atomic E-state index is 13.2. The summed E-state index contributed by atoms with van der Waals surface area (Å²) in [6.45, 7) is 0. The van der Waals surface area contributed by atoms with Crippen LogP contribution in [0.1, 0.15) is 22.9 Å². The van der Waals surface area contributed by atoms with Gasteiger partial charge in [0.1, 0.15) is 0 Å². The third-order valence-corrected chi connectivity index (χ3v) is 3.72. The SMILES string of the molecule is CNC(Cc1ccn(C)n1)c1ccc(Br)cc1C(F)(F)F. The number of nitrogens with zero attached hydrogens (tertiary/aromatic N) is 2. The van der Waals surface area contributed by atoms with E-state index in [4.69, 9.17) is 0 Å². The number of halogens is 4. The zero-order valence-electron chi connectivity index (χ0n) is 11.6. The molecule has 0 fully saturated rings. The van der Waals surface area contributed by atoms with E-state index < -0.39 is 17.8 Å². The van der Waals surface area contributed by atoms with Crippen LogP contribution in [0.5, 0.6) is 0 Å². The number of hydrogen-bond acceptors (Lipinski definition) is 2. The molecule has 0 aliphatic rings. The number of hydrogen-bond donors (Lipinski definition) is 1. The molecule has 1 unspecified atom stereocenters. The van der Waals surface area contributed by atoms with E-state index in [2.05, 4.69) is 26.3 Å². The smallest absolute Gasteiger partial charge is 0.313 e. The van der Waals surface area contributed by atoms with Crippen molar-refractivity contribution < 1.29 is 13.2 Å². The van der Waals surface area contributed by atoms with E-state index in [1.165, 1.54) is 6.07 Å². The second kappa shape index (κ2) is 6.19. The minimum absolute atomic E-state index is 0.221. The van der Waals surface area contributed by atoms with Crippen LogP contribution in [0.15, 0.2) is 34.9 Å². The predicted octanol–water partition coefficient (Wildman–Crippen LogP) is 3.70. The first kappa shape index (κ1) is 16.0. The summed E-state index contributed by atoms with van der Waals surface area (Å²) in [5, 5.41) is 7.16. The van der Waals surface area contributed by atoms with Gasteiger partial charge in [0, 0.05) is 30.2 Å². The second-order valence-electron chi connectivity index (χ2n) is 4.76. The molecule has 2 aromatic rings. The number of aromatic nitrogens is 2. The van der Waals surface area contributed by atoms with Crippen LogP contribution in [0.25, 0.3) is 0 Å². The molecule has 114 valence electrons. The van der Waals surface area contributed by atoms with Crippen LogP contribution >= 0.6 is 15.9 Å². The fraction of sp³-hybridized carbons (Fsp3) is 0.357. The average molecular weight is 362 g/mol. The van der Waals surface area contributed by atoms with E-state index >= 15 is 0 Å². The molecule has 0 spiro atoms. The summed E-state index contributed by atoms with van der Waals surface area (Å²) < 4.78 is 41.6. The van der Waals surface area contributed by atoms with Gasteiger partial charge in [-0.25, -0.2) is 0 Å². The highest BCUT2D eigenvalue weighted by Gasteiger charge is 2.35. The van der Waals surface area contributed by atoms with Crippen LogP contribution in [0, 0.1) is 0 Å². The predicted molar refractivity (Wildman–Crippen MR) is 77.9 cm³/mol. The lowest BCUT2D eigenvalue weighted by Gasteiger charge is -2.21. The van der Waals surface area contributed by atoms with Crippen molar-refractivity contribution in [2.75, 3.05) is 7.05 Å². The molecule has 0 bridgehead atoms. The fourth-order valence-electron chi connectivity index (χ4n) is 2.23. The average Bonchev–Trinajstić information content (AvgIpc) is 2.81. The summed E-state index contributed by atoms with van der Waals surface area (Å²) in [5.41, 5.74) is 0.332. The first-order valence-electron chi connectivity index (χ1n) is 6.33. The van der Waals surface area contributed by atoms with E-state index in [0.717, 1.165) is 11.8 Å². The fourth-order valence-corrected chi connectivity index (χ4v) is 2.59. The summed E-state index contributed by atoms with van der Waals surface area (Å²) in [6.07, 6.45) is -2.23. The lowest BCUT2D eigenvalue weighted by molar-refractivity contribution is -0.138. The van der Waals surface area contributed by atoms with Crippen molar-refractivity contribution in [3.8, 4) is 0 Å². The van der Waals surface area contributed by atoms with E-state index in [1.807, 2.05) is 0 Å². The molecule has 1 heterocycles. The molecule has 7 heteroatoms. The van der Waals surface area contributed by atoms with Gasteiger partial charge >= 0.3 is 6.18 Å². The van der Waals surface area contributed by atoms with Crippen LogP contribution in [0.2, 0.25) is 0 Å². The maximum absolute atomic E-state index is 13.2. The van der Waals surface area contributed by atoms with Crippen LogP contribution in [0.4, 0.5) is 13.2 Å². The molecule has 1 atom stereocenters. The number of likely N-dealkylation sites (N-methyl/N-ethyl adjacent to an activating group) is 1. The molecule has 1 N–H and O–H groups in total. The van der Waals surface area contributed by atoms with Crippen molar-refractivity contribution in [3.63, 3.8) is 0 Å². The molecular weight excluding hydrogens is 347 g/mol. The summed E-state index contributed by atoms with van der Waals surface area (Å²) in [6, 6.07) is 5.57. The molecule has 0 radical (unpaired) electrons. The van der Waals surface area contributed by atoms with Crippen molar-refractivity contribution in [1.82, 2.24) is 15.1 Å². The van der Waals surface area contributed by atoms with Crippen molar-refractivity contribution >= 4 is 15.9 Å². The Balaban J connectivity index is 2.38. The van der Waals surface area contributed by atoms with Gasteiger partial charge in [0.05, 0.1) is 11.3 Å². The molecule has 0 saturated heterocycles. The number of benzene rings is 1. The molecule has 0 amide bonds. The van der Waals surface area contributed by atoms with Crippen LogP contribution < -0.4 is 5.32 Å². The number of rotatable bonds is 4. The zero-order valence-corrected chi connectivity index (χ0v) is 13.2. The van der Waals surface area contributed by atoms with Crippen LogP contribution in [-0.4, -0.2) is 16.8 Å². The summed E-state index contributed by atoms with van der Waals surface area (Å²) in [5.74, 6) is 0. The quantitative estimate of drug-likeness (QED) is 0.899. The lowest BCUT2D eigenvalue weighted by atomic mass is 9.96. The zero-order chi connectivity index (χ0) is 15.6. The Kier molecular flexibility index (Phi) is 4.73. The Hall–Kier alpha value is -1.34. The topological polar surface area (TPSA) is 29.9 Å². The van der Waals surface area contributed by atoms with Crippen molar-refractivity contribution in [2.24, 2.45) is 7.05 Å². The maximum Gasteiger partial charge on any atom is 0.416 e.